The van der Waals surface area contributed by atoms with Gasteiger partial charge in [-0.15, -0.1) is 24.8 Å². The van der Waals surface area contributed by atoms with E-state index in [1.165, 1.54) is 43.0 Å². The van der Waals surface area contributed by atoms with Crippen molar-refractivity contribution in [2.75, 3.05) is 38.1 Å². The molecule has 2 aromatic carbocycles. The zero-order chi connectivity index (χ0) is 14.2. The van der Waals surface area contributed by atoms with Gasteiger partial charge in [0.15, 0.2) is 0 Å². The molecule has 0 bridgehead atoms. The number of benzene rings is 2. The summed E-state index contributed by atoms with van der Waals surface area (Å²) in [6, 6.07) is 19.7. The number of anilines is 1. The highest BCUT2D eigenvalue weighted by Gasteiger charge is 2.38. The maximum atomic E-state index is 2.57. The van der Waals surface area contributed by atoms with Crippen molar-refractivity contribution in [1.29, 1.82) is 0 Å². The van der Waals surface area contributed by atoms with Crippen molar-refractivity contribution in [3.8, 4) is 11.1 Å². The Bertz CT molecular complexity index is 601. The minimum Gasteiger partial charge on any atom is -0.371 e. The number of nitrogens with zero attached hydrogens (tertiary/aromatic N) is 2. The standard InChI is InChI=1S/C19H22N2.2ClH/c1-20-11-17-13-21(14-18(17)12-20)19-9-7-16(8-10-19)15-5-3-2-4-6-15;;/h2-10,17-18H,11-14H2,1H3;2*1H/t17-,18+;;. The lowest BCUT2D eigenvalue weighted by molar-refractivity contribution is 0.387. The highest BCUT2D eigenvalue weighted by Crippen LogP contribution is 2.34. The maximum Gasteiger partial charge on any atom is 0.0366 e. The molecule has 23 heavy (non-hydrogen) atoms. The lowest BCUT2D eigenvalue weighted by atomic mass is 10.0. The number of likely N-dealkylation sites (tertiary alicyclic amines) is 1. The van der Waals surface area contributed by atoms with E-state index in [1.54, 1.807) is 0 Å². The van der Waals surface area contributed by atoms with Crippen molar-refractivity contribution >= 4 is 30.5 Å². The van der Waals surface area contributed by atoms with Crippen LogP contribution in [0.2, 0.25) is 0 Å². The second-order valence-electron chi connectivity index (χ2n) is 6.56. The lowest BCUT2D eigenvalue weighted by Crippen LogP contribution is -2.26. The summed E-state index contributed by atoms with van der Waals surface area (Å²) in [7, 11) is 2.25. The summed E-state index contributed by atoms with van der Waals surface area (Å²) in [5, 5.41) is 0. The van der Waals surface area contributed by atoms with Crippen LogP contribution in [0.3, 0.4) is 0 Å². The van der Waals surface area contributed by atoms with E-state index in [2.05, 4.69) is 71.4 Å². The van der Waals surface area contributed by atoms with Crippen LogP contribution in [0, 0.1) is 11.8 Å². The first kappa shape index (κ1) is 18.1. The van der Waals surface area contributed by atoms with E-state index in [4.69, 9.17) is 0 Å². The highest BCUT2D eigenvalue weighted by molar-refractivity contribution is 5.85. The Morgan fingerprint density at radius 3 is 1.78 bits per heavy atom. The van der Waals surface area contributed by atoms with E-state index in [-0.39, 0.29) is 24.8 Å². The summed E-state index contributed by atoms with van der Waals surface area (Å²) in [5.74, 6) is 1.73. The van der Waals surface area contributed by atoms with Crippen LogP contribution < -0.4 is 4.90 Å². The molecule has 4 rings (SSSR count). The molecule has 0 amide bonds. The third-order valence-electron chi connectivity index (χ3n) is 5.01. The molecule has 2 aliphatic heterocycles. The summed E-state index contributed by atoms with van der Waals surface area (Å²) in [6.45, 7) is 4.98. The van der Waals surface area contributed by atoms with Crippen molar-refractivity contribution in [2.24, 2.45) is 11.8 Å². The zero-order valence-electron chi connectivity index (χ0n) is 13.4. The third-order valence-corrected chi connectivity index (χ3v) is 5.01. The normalized spacial score (nSPS) is 23.1. The average Bonchev–Trinajstić information content (AvgIpc) is 3.06. The molecule has 0 saturated carbocycles. The number of hydrogen-bond acceptors (Lipinski definition) is 2. The molecule has 2 nitrogen and oxygen atoms in total. The summed E-state index contributed by atoms with van der Waals surface area (Å²) in [5.41, 5.74) is 3.98. The van der Waals surface area contributed by atoms with Gasteiger partial charge in [0.2, 0.25) is 0 Å². The van der Waals surface area contributed by atoms with Gasteiger partial charge in [0.25, 0.3) is 0 Å². The predicted octanol–water partition coefficient (Wildman–Crippen LogP) is 4.20. The van der Waals surface area contributed by atoms with Crippen LogP contribution in [-0.2, 0) is 0 Å². The van der Waals surface area contributed by atoms with E-state index in [1.807, 2.05) is 0 Å². The van der Waals surface area contributed by atoms with Crippen LogP contribution in [0.25, 0.3) is 11.1 Å². The second-order valence-corrected chi connectivity index (χ2v) is 6.56. The zero-order valence-corrected chi connectivity index (χ0v) is 15.0. The largest absolute Gasteiger partial charge is 0.371 e. The summed E-state index contributed by atoms with van der Waals surface area (Å²) in [4.78, 5) is 5.04. The number of hydrogen-bond donors (Lipinski definition) is 0. The van der Waals surface area contributed by atoms with Gasteiger partial charge in [-0.05, 0) is 42.1 Å². The lowest BCUT2D eigenvalue weighted by Gasteiger charge is -2.21. The monoisotopic (exact) mass is 350 g/mol. The first-order valence-electron chi connectivity index (χ1n) is 7.88. The van der Waals surface area contributed by atoms with Gasteiger partial charge >= 0.3 is 0 Å². The molecule has 0 radical (unpaired) electrons. The van der Waals surface area contributed by atoms with Crippen LogP contribution in [-0.4, -0.2) is 38.1 Å². The van der Waals surface area contributed by atoms with E-state index in [0.717, 1.165) is 11.8 Å². The van der Waals surface area contributed by atoms with Crippen LogP contribution in [0.5, 0.6) is 0 Å². The molecular weight excluding hydrogens is 327 g/mol. The quantitative estimate of drug-likeness (QED) is 0.800. The number of halogens is 2. The topological polar surface area (TPSA) is 6.48 Å². The molecule has 0 aromatic heterocycles. The van der Waals surface area contributed by atoms with Gasteiger partial charge in [0, 0.05) is 31.9 Å². The van der Waals surface area contributed by atoms with E-state index in [0.29, 0.717) is 0 Å². The molecule has 2 aromatic rings. The Hall–Kier alpha value is -1.22. The van der Waals surface area contributed by atoms with Gasteiger partial charge in [-0.1, -0.05) is 42.5 Å². The van der Waals surface area contributed by atoms with Crippen molar-refractivity contribution in [3.63, 3.8) is 0 Å². The Kier molecular flexibility index (Phi) is 5.96. The Morgan fingerprint density at radius 2 is 1.22 bits per heavy atom. The van der Waals surface area contributed by atoms with Crippen molar-refractivity contribution < 1.29 is 0 Å². The molecule has 4 heteroatoms. The molecule has 2 saturated heterocycles. The molecule has 2 atom stereocenters. The summed E-state index contributed by atoms with van der Waals surface area (Å²) < 4.78 is 0. The predicted molar refractivity (Wildman–Crippen MR) is 103 cm³/mol. The van der Waals surface area contributed by atoms with Gasteiger partial charge in [0.1, 0.15) is 0 Å². The third kappa shape index (κ3) is 3.65. The van der Waals surface area contributed by atoms with Crippen LogP contribution in [0.1, 0.15) is 0 Å². The van der Waals surface area contributed by atoms with E-state index >= 15 is 0 Å². The summed E-state index contributed by atoms with van der Waals surface area (Å²) in [6.07, 6.45) is 0. The smallest absolute Gasteiger partial charge is 0.0366 e. The maximum absolute atomic E-state index is 2.57. The molecule has 0 unspecified atom stereocenters. The molecule has 2 fully saturated rings. The molecule has 0 N–H and O–H groups in total. The van der Waals surface area contributed by atoms with E-state index in [9.17, 15) is 0 Å². The number of rotatable bonds is 2. The van der Waals surface area contributed by atoms with Gasteiger partial charge in [-0.2, -0.15) is 0 Å². The molecular formula is C19H24Cl2N2. The summed E-state index contributed by atoms with van der Waals surface area (Å²) >= 11 is 0. The fraction of sp³-hybridized carbons (Fsp3) is 0.368. The van der Waals surface area contributed by atoms with Gasteiger partial charge in [0.05, 0.1) is 0 Å². The van der Waals surface area contributed by atoms with Gasteiger partial charge < -0.3 is 9.80 Å². The van der Waals surface area contributed by atoms with Crippen molar-refractivity contribution in [2.45, 2.75) is 0 Å². The highest BCUT2D eigenvalue weighted by atomic mass is 35.5. The fourth-order valence-electron chi connectivity index (χ4n) is 3.93. The first-order chi connectivity index (χ1) is 10.3. The minimum absolute atomic E-state index is 0. The van der Waals surface area contributed by atoms with Gasteiger partial charge in [-0.25, -0.2) is 0 Å². The Labute approximate surface area is 151 Å². The first-order valence-corrected chi connectivity index (χ1v) is 7.88. The van der Waals surface area contributed by atoms with Gasteiger partial charge in [-0.3, -0.25) is 0 Å². The Morgan fingerprint density at radius 1 is 0.696 bits per heavy atom. The molecule has 0 spiro atoms. The van der Waals surface area contributed by atoms with Crippen LogP contribution >= 0.6 is 24.8 Å². The van der Waals surface area contributed by atoms with Crippen LogP contribution in [0.15, 0.2) is 54.6 Å². The van der Waals surface area contributed by atoms with Crippen molar-refractivity contribution in [1.82, 2.24) is 4.90 Å². The Balaban J connectivity index is 0.000000960. The fourth-order valence-corrected chi connectivity index (χ4v) is 3.93. The van der Waals surface area contributed by atoms with E-state index < -0.39 is 0 Å². The van der Waals surface area contributed by atoms with Crippen LogP contribution in [0.4, 0.5) is 5.69 Å². The molecule has 0 aliphatic carbocycles. The number of fused-ring (bicyclic) bond motifs is 1. The second kappa shape index (κ2) is 7.57. The minimum atomic E-state index is 0. The molecule has 2 heterocycles. The van der Waals surface area contributed by atoms with Crippen molar-refractivity contribution in [3.05, 3.63) is 54.6 Å². The SMILES string of the molecule is CN1C[C@@H]2CN(c3ccc(-c4ccccc4)cc3)C[C@@H]2C1.Cl.Cl. The average molecular weight is 351 g/mol. The molecule has 124 valence electrons. The molecule has 2 aliphatic rings.